The average molecular weight is 386 g/mol. The first kappa shape index (κ1) is 20.1. The molecule has 7 heteroatoms. The maximum atomic E-state index is 13.4. The molecule has 0 saturated heterocycles. The van der Waals surface area contributed by atoms with E-state index in [1.54, 1.807) is 6.07 Å². The second-order valence-corrected chi connectivity index (χ2v) is 7.75. The molecule has 1 aliphatic carbocycles. The van der Waals surface area contributed by atoms with E-state index in [0.717, 1.165) is 48.9 Å². The van der Waals surface area contributed by atoms with Crippen LogP contribution in [0.4, 0.5) is 9.52 Å². The van der Waals surface area contributed by atoms with E-state index in [-0.39, 0.29) is 30.0 Å². The van der Waals surface area contributed by atoms with Gasteiger partial charge in [-0.15, -0.1) is 12.4 Å². The highest BCUT2D eigenvalue weighted by molar-refractivity contribution is 7.22. The van der Waals surface area contributed by atoms with Gasteiger partial charge >= 0.3 is 0 Å². The van der Waals surface area contributed by atoms with Crippen LogP contribution in [0.3, 0.4) is 0 Å². The number of carbonyl (C=O) groups excluding carboxylic acids is 1. The molecule has 0 unspecified atom stereocenters. The molecule has 4 nitrogen and oxygen atoms in total. The van der Waals surface area contributed by atoms with Crippen LogP contribution in [0.1, 0.15) is 32.1 Å². The van der Waals surface area contributed by atoms with Crippen molar-refractivity contribution in [3.05, 3.63) is 24.0 Å². The summed E-state index contributed by atoms with van der Waals surface area (Å²) in [4.78, 5) is 21.5. The summed E-state index contributed by atoms with van der Waals surface area (Å²) < 4.78 is 14.2. The van der Waals surface area contributed by atoms with Crippen molar-refractivity contribution in [1.29, 1.82) is 0 Å². The minimum absolute atomic E-state index is 0. The smallest absolute Gasteiger partial charge is 0.231 e. The van der Waals surface area contributed by atoms with Crippen molar-refractivity contribution in [2.75, 3.05) is 32.1 Å². The zero-order valence-corrected chi connectivity index (χ0v) is 16.3. The molecular formula is C18H25ClFN3OS. The molecular weight excluding hydrogens is 361 g/mol. The van der Waals surface area contributed by atoms with Crippen molar-refractivity contribution in [2.24, 2.45) is 5.92 Å². The van der Waals surface area contributed by atoms with Crippen LogP contribution in [0.15, 0.2) is 18.2 Å². The van der Waals surface area contributed by atoms with Gasteiger partial charge in [0.15, 0.2) is 5.13 Å². The van der Waals surface area contributed by atoms with Gasteiger partial charge in [0.1, 0.15) is 5.82 Å². The first-order valence-corrected chi connectivity index (χ1v) is 9.38. The maximum Gasteiger partial charge on any atom is 0.231 e. The van der Waals surface area contributed by atoms with Gasteiger partial charge in [-0.05, 0) is 58.1 Å². The number of carbonyl (C=O) groups is 1. The highest BCUT2D eigenvalue weighted by atomic mass is 35.5. The molecule has 1 heterocycles. The SMILES string of the molecule is CN(C)CCCN(C(=O)C1CCCC1)c1nc2ccc(F)cc2s1.Cl. The van der Waals surface area contributed by atoms with Gasteiger partial charge in [0, 0.05) is 12.5 Å². The second-order valence-electron chi connectivity index (χ2n) is 6.74. The van der Waals surface area contributed by atoms with Crippen molar-refractivity contribution in [3.63, 3.8) is 0 Å². The lowest BCUT2D eigenvalue weighted by molar-refractivity contribution is -0.122. The predicted molar refractivity (Wildman–Crippen MR) is 104 cm³/mol. The van der Waals surface area contributed by atoms with Gasteiger partial charge in [-0.1, -0.05) is 24.2 Å². The van der Waals surface area contributed by atoms with Gasteiger partial charge in [0.2, 0.25) is 5.91 Å². The van der Waals surface area contributed by atoms with Crippen LogP contribution in [-0.2, 0) is 4.79 Å². The Labute approximate surface area is 158 Å². The molecule has 1 amide bonds. The molecule has 1 aromatic heterocycles. The number of benzene rings is 1. The number of hydrogen-bond donors (Lipinski definition) is 0. The van der Waals surface area contributed by atoms with Gasteiger partial charge in [-0.25, -0.2) is 9.37 Å². The highest BCUT2D eigenvalue weighted by Crippen LogP contribution is 2.33. The van der Waals surface area contributed by atoms with Gasteiger partial charge < -0.3 is 4.90 Å². The van der Waals surface area contributed by atoms with Gasteiger partial charge in [0.25, 0.3) is 0 Å². The molecule has 25 heavy (non-hydrogen) atoms. The number of nitrogens with zero attached hydrogens (tertiary/aromatic N) is 3. The molecule has 0 atom stereocenters. The van der Waals surface area contributed by atoms with Crippen LogP contribution in [0.2, 0.25) is 0 Å². The summed E-state index contributed by atoms with van der Waals surface area (Å²) in [7, 11) is 4.06. The second kappa shape index (κ2) is 8.92. The standard InChI is InChI=1S/C18H24FN3OS.ClH/c1-21(2)10-5-11-22(17(23)13-6-3-4-7-13)18-20-15-9-8-14(19)12-16(15)24-18;/h8-9,12-13H,3-7,10-11H2,1-2H3;1H. The van der Waals surface area contributed by atoms with Crippen LogP contribution in [0.25, 0.3) is 10.2 Å². The minimum atomic E-state index is -0.265. The van der Waals surface area contributed by atoms with E-state index < -0.39 is 0 Å². The summed E-state index contributed by atoms with van der Waals surface area (Å²) >= 11 is 1.41. The van der Waals surface area contributed by atoms with Crippen LogP contribution < -0.4 is 4.90 Å². The van der Waals surface area contributed by atoms with E-state index in [2.05, 4.69) is 9.88 Å². The lowest BCUT2D eigenvalue weighted by Crippen LogP contribution is -2.37. The lowest BCUT2D eigenvalue weighted by atomic mass is 10.1. The third kappa shape index (κ3) is 4.90. The van der Waals surface area contributed by atoms with E-state index >= 15 is 0 Å². The molecule has 0 spiro atoms. The van der Waals surface area contributed by atoms with Crippen LogP contribution in [0.5, 0.6) is 0 Å². The fourth-order valence-electron chi connectivity index (χ4n) is 3.24. The molecule has 138 valence electrons. The number of fused-ring (bicyclic) bond motifs is 1. The Morgan fingerprint density at radius 2 is 2.00 bits per heavy atom. The van der Waals surface area contributed by atoms with Crippen molar-refractivity contribution in [2.45, 2.75) is 32.1 Å². The molecule has 0 N–H and O–H groups in total. The van der Waals surface area contributed by atoms with Crippen molar-refractivity contribution >= 4 is 45.0 Å². The third-order valence-electron chi connectivity index (χ3n) is 4.53. The Balaban J connectivity index is 0.00000225. The predicted octanol–water partition coefficient (Wildman–Crippen LogP) is 4.33. The molecule has 1 fully saturated rings. The van der Waals surface area contributed by atoms with E-state index in [4.69, 9.17) is 0 Å². The monoisotopic (exact) mass is 385 g/mol. The van der Waals surface area contributed by atoms with E-state index in [1.807, 2.05) is 19.0 Å². The Hall–Kier alpha value is -1.24. The molecule has 1 saturated carbocycles. The summed E-state index contributed by atoms with van der Waals surface area (Å²) in [6.45, 7) is 1.59. The summed E-state index contributed by atoms with van der Waals surface area (Å²) in [5.41, 5.74) is 0.758. The normalized spacial score (nSPS) is 14.9. The summed E-state index contributed by atoms with van der Waals surface area (Å²) in [5, 5.41) is 0.700. The van der Waals surface area contributed by atoms with Gasteiger partial charge in [0.05, 0.1) is 10.2 Å². The number of anilines is 1. The lowest BCUT2D eigenvalue weighted by Gasteiger charge is -2.23. The largest absolute Gasteiger partial charge is 0.309 e. The number of rotatable bonds is 6. The maximum absolute atomic E-state index is 13.4. The van der Waals surface area contributed by atoms with E-state index in [9.17, 15) is 9.18 Å². The first-order chi connectivity index (χ1) is 11.5. The number of hydrogen-bond acceptors (Lipinski definition) is 4. The van der Waals surface area contributed by atoms with Crippen molar-refractivity contribution in [1.82, 2.24) is 9.88 Å². The third-order valence-corrected chi connectivity index (χ3v) is 5.57. The molecule has 0 aliphatic heterocycles. The molecule has 0 bridgehead atoms. The van der Waals surface area contributed by atoms with Crippen LogP contribution in [-0.4, -0.2) is 43.0 Å². The number of amides is 1. The van der Waals surface area contributed by atoms with E-state index in [1.165, 1.54) is 23.5 Å². The number of thiazole rings is 1. The van der Waals surface area contributed by atoms with Crippen LogP contribution in [0, 0.1) is 11.7 Å². The van der Waals surface area contributed by atoms with Crippen molar-refractivity contribution in [3.8, 4) is 0 Å². The fraction of sp³-hybridized carbons (Fsp3) is 0.556. The zero-order valence-electron chi connectivity index (χ0n) is 14.7. The molecule has 3 rings (SSSR count). The summed E-state index contributed by atoms with van der Waals surface area (Å²) in [5.74, 6) is 0.0397. The Bertz CT molecular complexity index is 715. The Kier molecular flexibility index (Phi) is 7.16. The topological polar surface area (TPSA) is 36.4 Å². The van der Waals surface area contributed by atoms with Gasteiger partial charge in [-0.2, -0.15) is 0 Å². The first-order valence-electron chi connectivity index (χ1n) is 8.57. The number of aromatic nitrogens is 1. The summed E-state index contributed by atoms with van der Waals surface area (Å²) in [6.07, 6.45) is 5.11. The van der Waals surface area contributed by atoms with Crippen LogP contribution >= 0.6 is 23.7 Å². The van der Waals surface area contributed by atoms with E-state index in [0.29, 0.717) is 11.7 Å². The fourth-order valence-corrected chi connectivity index (χ4v) is 4.26. The average Bonchev–Trinajstić information content (AvgIpc) is 3.19. The highest BCUT2D eigenvalue weighted by Gasteiger charge is 2.29. The summed E-state index contributed by atoms with van der Waals surface area (Å²) in [6, 6.07) is 4.60. The molecule has 1 aliphatic rings. The minimum Gasteiger partial charge on any atom is -0.309 e. The van der Waals surface area contributed by atoms with Crippen molar-refractivity contribution < 1.29 is 9.18 Å². The molecule has 1 aromatic carbocycles. The Morgan fingerprint density at radius 1 is 1.28 bits per heavy atom. The number of halogens is 2. The zero-order chi connectivity index (χ0) is 17.1. The molecule has 0 radical (unpaired) electrons. The van der Waals surface area contributed by atoms with Gasteiger partial charge in [-0.3, -0.25) is 9.69 Å². The Morgan fingerprint density at radius 3 is 2.68 bits per heavy atom. The quantitative estimate of drug-likeness (QED) is 0.742. The molecule has 2 aromatic rings.